The standard InChI is InChI=1S/C9H13NO4/c1-4(11)7(10)5-2-3-6(12)9(14)8(5)13/h2-4,7,11-14H,10H2,1H3/t4-,7-/m1/s1. The van der Waals surface area contributed by atoms with Gasteiger partial charge < -0.3 is 26.2 Å². The van der Waals surface area contributed by atoms with Crippen molar-refractivity contribution in [1.82, 2.24) is 0 Å². The number of phenols is 3. The Morgan fingerprint density at radius 1 is 1.14 bits per heavy atom. The predicted octanol–water partition coefficient (Wildman–Crippen LogP) is 0.184. The zero-order valence-corrected chi connectivity index (χ0v) is 7.68. The van der Waals surface area contributed by atoms with Crippen molar-refractivity contribution in [2.45, 2.75) is 19.1 Å². The molecule has 0 spiro atoms. The lowest BCUT2D eigenvalue weighted by atomic mass is 10.0. The fourth-order valence-electron chi connectivity index (χ4n) is 1.11. The molecule has 0 fully saturated rings. The second-order valence-corrected chi connectivity index (χ2v) is 3.14. The highest BCUT2D eigenvalue weighted by Crippen LogP contribution is 2.39. The predicted molar refractivity (Wildman–Crippen MR) is 50.0 cm³/mol. The van der Waals surface area contributed by atoms with Crippen LogP contribution >= 0.6 is 0 Å². The van der Waals surface area contributed by atoms with Gasteiger partial charge in [0.25, 0.3) is 0 Å². The molecule has 0 amide bonds. The molecule has 0 heterocycles. The molecule has 1 rings (SSSR count). The summed E-state index contributed by atoms with van der Waals surface area (Å²) >= 11 is 0. The quantitative estimate of drug-likeness (QED) is 0.437. The van der Waals surface area contributed by atoms with Crippen molar-refractivity contribution >= 4 is 0 Å². The lowest BCUT2D eigenvalue weighted by Crippen LogP contribution is -2.23. The number of aliphatic hydroxyl groups is 1. The normalized spacial score (nSPS) is 15.1. The van der Waals surface area contributed by atoms with E-state index in [1.54, 1.807) is 0 Å². The number of phenolic OH excluding ortho intramolecular Hbond substituents is 3. The van der Waals surface area contributed by atoms with Gasteiger partial charge in [0.1, 0.15) is 0 Å². The van der Waals surface area contributed by atoms with Gasteiger partial charge in [0, 0.05) is 5.56 Å². The first-order valence-corrected chi connectivity index (χ1v) is 4.12. The summed E-state index contributed by atoms with van der Waals surface area (Å²) in [7, 11) is 0. The number of aliphatic hydroxyl groups excluding tert-OH is 1. The van der Waals surface area contributed by atoms with Crippen molar-refractivity contribution in [2.75, 3.05) is 0 Å². The molecule has 1 aromatic carbocycles. The average molecular weight is 199 g/mol. The molecule has 14 heavy (non-hydrogen) atoms. The van der Waals surface area contributed by atoms with E-state index in [2.05, 4.69) is 0 Å². The van der Waals surface area contributed by atoms with E-state index in [0.717, 1.165) is 0 Å². The number of hydrogen-bond donors (Lipinski definition) is 5. The van der Waals surface area contributed by atoms with E-state index >= 15 is 0 Å². The Balaban J connectivity index is 3.17. The molecule has 0 saturated carbocycles. The van der Waals surface area contributed by atoms with Crippen molar-refractivity contribution in [3.05, 3.63) is 17.7 Å². The van der Waals surface area contributed by atoms with Crippen molar-refractivity contribution < 1.29 is 20.4 Å². The molecule has 0 aromatic heterocycles. The summed E-state index contributed by atoms with van der Waals surface area (Å²) in [6.45, 7) is 1.47. The van der Waals surface area contributed by atoms with Crippen LogP contribution < -0.4 is 5.73 Å². The third-order valence-corrected chi connectivity index (χ3v) is 2.04. The maximum atomic E-state index is 9.40. The lowest BCUT2D eigenvalue weighted by molar-refractivity contribution is 0.162. The van der Waals surface area contributed by atoms with Crippen molar-refractivity contribution in [3.63, 3.8) is 0 Å². The Labute approximate surface area is 81.0 Å². The summed E-state index contributed by atoms with van der Waals surface area (Å²) in [5.41, 5.74) is 5.74. The van der Waals surface area contributed by atoms with E-state index in [4.69, 9.17) is 10.8 Å². The number of hydrogen-bond acceptors (Lipinski definition) is 5. The minimum Gasteiger partial charge on any atom is -0.504 e. The van der Waals surface area contributed by atoms with Crippen LogP contribution in [0.25, 0.3) is 0 Å². The van der Waals surface area contributed by atoms with Crippen molar-refractivity contribution in [1.29, 1.82) is 0 Å². The van der Waals surface area contributed by atoms with Gasteiger partial charge in [-0.3, -0.25) is 0 Å². The van der Waals surface area contributed by atoms with Crippen LogP contribution in [0.2, 0.25) is 0 Å². The van der Waals surface area contributed by atoms with E-state index in [1.807, 2.05) is 0 Å². The fourth-order valence-corrected chi connectivity index (χ4v) is 1.11. The summed E-state index contributed by atoms with van der Waals surface area (Å²) in [5, 5.41) is 36.8. The van der Waals surface area contributed by atoms with Crippen LogP contribution in [0.5, 0.6) is 17.2 Å². The van der Waals surface area contributed by atoms with Gasteiger partial charge in [0.15, 0.2) is 11.5 Å². The van der Waals surface area contributed by atoms with Crippen molar-refractivity contribution in [2.24, 2.45) is 5.73 Å². The second-order valence-electron chi connectivity index (χ2n) is 3.14. The third kappa shape index (κ3) is 1.73. The molecule has 0 unspecified atom stereocenters. The van der Waals surface area contributed by atoms with Crippen LogP contribution in [0.3, 0.4) is 0 Å². The molecule has 0 aliphatic rings. The molecule has 78 valence electrons. The molecule has 6 N–H and O–H groups in total. The first kappa shape index (κ1) is 10.6. The Kier molecular flexibility index (Phi) is 2.83. The Morgan fingerprint density at radius 3 is 2.21 bits per heavy atom. The highest BCUT2D eigenvalue weighted by atomic mass is 16.3. The van der Waals surface area contributed by atoms with Crippen LogP contribution in [-0.2, 0) is 0 Å². The Bertz CT molecular complexity index is 338. The van der Waals surface area contributed by atoms with Crippen LogP contribution in [0.4, 0.5) is 0 Å². The summed E-state index contributed by atoms with van der Waals surface area (Å²) in [4.78, 5) is 0. The van der Waals surface area contributed by atoms with E-state index in [0.29, 0.717) is 0 Å². The van der Waals surface area contributed by atoms with Crippen LogP contribution in [-0.4, -0.2) is 26.5 Å². The molecule has 0 radical (unpaired) electrons. The topological polar surface area (TPSA) is 107 Å². The van der Waals surface area contributed by atoms with Gasteiger partial charge in [-0.25, -0.2) is 0 Å². The molecular formula is C9H13NO4. The van der Waals surface area contributed by atoms with E-state index in [9.17, 15) is 15.3 Å². The highest BCUT2D eigenvalue weighted by molar-refractivity contribution is 5.54. The number of aromatic hydroxyl groups is 3. The molecule has 5 heteroatoms. The first-order chi connectivity index (χ1) is 6.45. The monoisotopic (exact) mass is 199 g/mol. The zero-order chi connectivity index (χ0) is 10.9. The van der Waals surface area contributed by atoms with Gasteiger partial charge in [0.2, 0.25) is 5.75 Å². The SMILES string of the molecule is C[C@@H](O)[C@@H](N)c1ccc(O)c(O)c1O. The van der Waals surface area contributed by atoms with Gasteiger partial charge >= 0.3 is 0 Å². The summed E-state index contributed by atoms with van der Waals surface area (Å²) < 4.78 is 0. The molecule has 2 atom stereocenters. The minimum atomic E-state index is -0.857. The molecule has 0 bridgehead atoms. The molecule has 0 aliphatic carbocycles. The molecule has 5 nitrogen and oxygen atoms in total. The average Bonchev–Trinajstić information content (AvgIpc) is 2.13. The smallest absolute Gasteiger partial charge is 0.200 e. The summed E-state index contributed by atoms with van der Waals surface area (Å²) in [6, 6.07) is 1.75. The van der Waals surface area contributed by atoms with Crippen LogP contribution in [0, 0.1) is 0 Å². The Morgan fingerprint density at radius 2 is 1.71 bits per heavy atom. The Hall–Kier alpha value is -1.46. The van der Waals surface area contributed by atoms with Gasteiger partial charge in [-0.05, 0) is 19.1 Å². The zero-order valence-electron chi connectivity index (χ0n) is 7.68. The van der Waals surface area contributed by atoms with E-state index in [-0.39, 0.29) is 5.56 Å². The largest absolute Gasteiger partial charge is 0.504 e. The molecule has 0 saturated heterocycles. The molecule has 1 aromatic rings. The van der Waals surface area contributed by atoms with Crippen molar-refractivity contribution in [3.8, 4) is 17.2 Å². The van der Waals surface area contributed by atoms with E-state index in [1.165, 1.54) is 19.1 Å². The summed E-state index contributed by atoms with van der Waals surface area (Å²) in [5.74, 6) is -1.55. The van der Waals surface area contributed by atoms with Gasteiger partial charge in [0.05, 0.1) is 12.1 Å². The number of rotatable bonds is 2. The van der Waals surface area contributed by atoms with Gasteiger partial charge in [-0.2, -0.15) is 0 Å². The van der Waals surface area contributed by atoms with Gasteiger partial charge in [-0.1, -0.05) is 0 Å². The first-order valence-electron chi connectivity index (χ1n) is 4.12. The second kappa shape index (κ2) is 3.73. The maximum Gasteiger partial charge on any atom is 0.200 e. The van der Waals surface area contributed by atoms with Crippen LogP contribution in [0.15, 0.2) is 12.1 Å². The van der Waals surface area contributed by atoms with Crippen LogP contribution in [0.1, 0.15) is 18.5 Å². The maximum absolute atomic E-state index is 9.40. The van der Waals surface area contributed by atoms with E-state index < -0.39 is 29.4 Å². The highest BCUT2D eigenvalue weighted by Gasteiger charge is 2.19. The third-order valence-electron chi connectivity index (χ3n) is 2.04. The summed E-state index contributed by atoms with van der Waals surface area (Å²) in [6.07, 6.45) is -0.857. The van der Waals surface area contributed by atoms with Gasteiger partial charge in [-0.15, -0.1) is 0 Å². The number of nitrogens with two attached hydrogens (primary N) is 1. The molecule has 0 aliphatic heterocycles. The lowest BCUT2D eigenvalue weighted by Gasteiger charge is -2.17. The minimum absolute atomic E-state index is 0.190. The fraction of sp³-hybridized carbons (Fsp3) is 0.333. The molecular weight excluding hydrogens is 186 g/mol. The number of benzene rings is 1.